The van der Waals surface area contributed by atoms with Crippen LogP contribution in [0.4, 0.5) is 13.2 Å². The van der Waals surface area contributed by atoms with Gasteiger partial charge in [-0.05, 0) is 30.4 Å². The van der Waals surface area contributed by atoms with Gasteiger partial charge in [-0.15, -0.1) is 0 Å². The Hall–Kier alpha value is -1.35. The number of halogens is 3. The molecule has 1 aromatic rings. The lowest BCUT2D eigenvalue weighted by molar-refractivity contribution is -0.139. The van der Waals surface area contributed by atoms with Crippen molar-refractivity contribution in [2.75, 3.05) is 12.4 Å². The van der Waals surface area contributed by atoms with Gasteiger partial charge in [-0.1, -0.05) is 6.92 Å². The molecule has 0 radical (unpaired) electrons. The van der Waals surface area contributed by atoms with Gasteiger partial charge in [-0.2, -0.15) is 31.1 Å². The van der Waals surface area contributed by atoms with Crippen LogP contribution in [-0.2, 0) is 6.18 Å². The van der Waals surface area contributed by atoms with Gasteiger partial charge in [0.05, 0.1) is 23.8 Å². The monoisotopic (exact) mass is 289 g/mol. The van der Waals surface area contributed by atoms with Crippen molar-refractivity contribution in [3.05, 3.63) is 29.3 Å². The summed E-state index contributed by atoms with van der Waals surface area (Å²) in [7, 11) is 0. The Bertz CT molecular complexity index is 464. The zero-order chi connectivity index (χ0) is 14.5. The van der Waals surface area contributed by atoms with Gasteiger partial charge in [0.2, 0.25) is 0 Å². The van der Waals surface area contributed by atoms with Gasteiger partial charge in [0.25, 0.3) is 0 Å². The lowest BCUT2D eigenvalue weighted by Gasteiger charge is -2.17. The highest BCUT2D eigenvalue weighted by molar-refractivity contribution is 7.80. The highest BCUT2D eigenvalue weighted by atomic mass is 32.1. The molecule has 1 atom stereocenters. The summed E-state index contributed by atoms with van der Waals surface area (Å²) in [6.45, 7) is 2.10. The molecular formula is C13H14F3NOS. The van der Waals surface area contributed by atoms with E-state index in [-0.39, 0.29) is 23.8 Å². The third-order valence-electron chi connectivity index (χ3n) is 2.72. The van der Waals surface area contributed by atoms with Gasteiger partial charge < -0.3 is 4.74 Å². The summed E-state index contributed by atoms with van der Waals surface area (Å²) in [5, 5.41) is 8.64. The van der Waals surface area contributed by atoms with Gasteiger partial charge in [0.1, 0.15) is 5.75 Å². The van der Waals surface area contributed by atoms with Crippen molar-refractivity contribution in [2.24, 2.45) is 5.92 Å². The summed E-state index contributed by atoms with van der Waals surface area (Å²) in [6.07, 6.45) is -3.76. The summed E-state index contributed by atoms with van der Waals surface area (Å²) in [4.78, 5) is 0. The third kappa shape index (κ3) is 4.35. The predicted molar refractivity (Wildman–Crippen MR) is 69.3 cm³/mol. The second-order valence-electron chi connectivity index (χ2n) is 4.09. The Morgan fingerprint density at radius 1 is 1.42 bits per heavy atom. The zero-order valence-electron chi connectivity index (χ0n) is 10.4. The Balaban J connectivity index is 2.97. The molecule has 0 amide bonds. The number of thiol groups is 1. The van der Waals surface area contributed by atoms with Crippen LogP contribution in [0.25, 0.3) is 0 Å². The first-order chi connectivity index (χ1) is 8.92. The fourth-order valence-electron chi connectivity index (χ4n) is 1.45. The van der Waals surface area contributed by atoms with Crippen LogP contribution in [0, 0.1) is 17.2 Å². The molecule has 0 bridgehead atoms. The van der Waals surface area contributed by atoms with Crippen LogP contribution >= 0.6 is 12.6 Å². The molecule has 0 aliphatic carbocycles. The van der Waals surface area contributed by atoms with E-state index in [0.717, 1.165) is 12.5 Å². The molecule has 2 nitrogen and oxygen atoms in total. The number of alkyl halides is 3. The molecule has 0 N–H and O–H groups in total. The van der Waals surface area contributed by atoms with Crippen LogP contribution in [0.15, 0.2) is 18.2 Å². The van der Waals surface area contributed by atoms with Crippen LogP contribution < -0.4 is 4.74 Å². The molecule has 1 aromatic carbocycles. The van der Waals surface area contributed by atoms with Crippen molar-refractivity contribution in [3.8, 4) is 11.8 Å². The van der Waals surface area contributed by atoms with Crippen molar-refractivity contribution in [1.29, 1.82) is 5.26 Å². The van der Waals surface area contributed by atoms with Crippen LogP contribution in [-0.4, -0.2) is 12.4 Å². The Labute approximate surface area is 115 Å². The summed E-state index contributed by atoms with van der Waals surface area (Å²) in [6, 6.07) is 4.99. The second kappa shape index (κ2) is 6.71. The SMILES string of the molecule is CCC(CS)COc1ccc(C#N)cc1C(F)(F)F. The number of benzene rings is 1. The normalized spacial score (nSPS) is 12.8. The van der Waals surface area contributed by atoms with Crippen molar-refractivity contribution in [3.63, 3.8) is 0 Å². The zero-order valence-corrected chi connectivity index (χ0v) is 11.3. The molecule has 0 aliphatic heterocycles. The molecule has 0 aromatic heterocycles. The quantitative estimate of drug-likeness (QED) is 0.834. The van der Waals surface area contributed by atoms with E-state index in [1.54, 1.807) is 6.07 Å². The van der Waals surface area contributed by atoms with E-state index in [9.17, 15) is 13.2 Å². The third-order valence-corrected chi connectivity index (χ3v) is 3.24. The van der Waals surface area contributed by atoms with E-state index in [1.807, 2.05) is 6.92 Å². The highest BCUT2D eigenvalue weighted by Gasteiger charge is 2.34. The Morgan fingerprint density at radius 2 is 2.11 bits per heavy atom. The van der Waals surface area contributed by atoms with E-state index in [1.165, 1.54) is 12.1 Å². The highest BCUT2D eigenvalue weighted by Crippen LogP contribution is 2.37. The number of hydrogen-bond donors (Lipinski definition) is 1. The van der Waals surface area contributed by atoms with Crippen LogP contribution in [0.5, 0.6) is 5.75 Å². The van der Waals surface area contributed by atoms with Crippen LogP contribution in [0.2, 0.25) is 0 Å². The number of hydrogen-bond acceptors (Lipinski definition) is 3. The molecule has 0 aliphatic rings. The van der Waals surface area contributed by atoms with Crippen LogP contribution in [0.3, 0.4) is 0 Å². The first-order valence-corrected chi connectivity index (χ1v) is 6.40. The second-order valence-corrected chi connectivity index (χ2v) is 4.45. The Morgan fingerprint density at radius 3 is 2.58 bits per heavy atom. The minimum Gasteiger partial charge on any atom is -0.493 e. The van der Waals surface area contributed by atoms with E-state index < -0.39 is 11.7 Å². The lowest BCUT2D eigenvalue weighted by Crippen LogP contribution is -2.15. The molecule has 19 heavy (non-hydrogen) atoms. The molecule has 0 fully saturated rings. The molecule has 1 rings (SSSR count). The smallest absolute Gasteiger partial charge is 0.420 e. The minimum atomic E-state index is -4.54. The average molecular weight is 289 g/mol. The van der Waals surface area contributed by atoms with Gasteiger partial charge in [-0.25, -0.2) is 0 Å². The number of ether oxygens (including phenoxy) is 1. The molecule has 0 saturated heterocycles. The maximum atomic E-state index is 12.8. The predicted octanol–water partition coefficient (Wildman–Crippen LogP) is 3.91. The van der Waals surface area contributed by atoms with Crippen molar-refractivity contribution in [1.82, 2.24) is 0 Å². The molecule has 0 saturated carbocycles. The van der Waals surface area contributed by atoms with Gasteiger partial charge in [0, 0.05) is 5.92 Å². The molecular weight excluding hydrogens is 275 g/mol. The largest absolute Gasteiger partial charge is 0.493 e. The van der Waals surface area contributed by atoms with E-state index >= 15 is 0 Å². The topological polar surface area (TPSA) is 33.0 Å². The number of nitriles is 1. The van der Waals surface area contributed by atoms with Gasteiger partial charge in [0.15, 0.2) is 0 Å². The summed E-state index contributed by atoms with van der Waals surface area (Å²) in [5.41, 5.74) is -0.957. The maximum absolute atomic E-state index is 12.8. The van der Waals surface area contributed by atoms with E-state index in [2.05, 4.69) is 12.6 Å². The fourth-order valence-corrected chi connectivity index (χ4v) is 1.82. The van der Waals surface area contributed by atoms with Crippen molar-refractivity contribution >= 4 is 12.6 Å². The molecule has 0 heterocycles. The van der Waals surface area contributed by atoms with Crippen molar-refractivity contribution < 1.29 is 17.9 Å². The van der Waals surface area contributed by atoms with Gasteiger partial charge in [-0.3, -0.25) is 0 Å². The average Bonchev–Trinajstić information content (AvgIpc) is 2.39. The van der Waals surface area contributed by atoms with Gasteiger partial charge >= 0.3 is 6.18 Å². The molecule has 104 valence electrons. The first kappa shape index (κ1) is 15.7. The lowest BCUT2D eigenvalue weighted by atomic mass is 10.1. The first-order valence-electron chi connectivity index (χ1n) is 5.77. The summed E-state index contributed by atoms with van der Waals surface area (Å²) in [5.74, 6) is 0.403. The molecule has 1 unspecified atom stereocenters. The molecule has 6 heteroatoms. The number of rotatable bonds is 5. The minimum absolute atomic E-state index is 0.0408. The van der Waals surface area contributed by atoms with E-state index in [4.69, 9.17) is 10.00 Å². The summed E-state index contributed by atoms with van der Waals surface area (Å²) < 4.78 is 43.8. The summed E-state index contributed by atoms with van der Waals surface area (Å²) >= 11 is 4.11. The standard InChI is InChI=1S/C13H14F3NOS/c1-2-9(8-19)7-18-12-4-3-10(6-17)5-11(12)13(14,15)16/h3-5,9,19H,2,7-8H2,1H3. The maximum Gasteiger partial charge on any atom is 0.420 e. The molecule has 0 spiro atoms. The fraction of sp³-hybridized carbons (Fsp3) is 0.462. The number of nitrogens with zero attached hydrogens (tertiary/aromatic N) is 1. The Kier molecular flexibility index (Phi) is 5.55. The van der Waals surface area contributed by atoms with Crippen molar-refractivity contribution in [2.45, 2.75) is 19.5 Å². The van der Waals surface area contributed by atoms with Crippen LogP contribution in [0.1, 0.15) is 24.5 Å². The van der Waals surface area contributed by atoms with E-state index in [0.29, 0.717) is 5.75 Å².